The lowest BCUT2D eigenvalue weighted by atomic mass is 10.3. The van der Waals surface area contributed by atoms with Crippen molar-refractivity contribution in [3.05, 3.63) is 60.6 Å². The zero-order chi connectivity index (χ0) is 27.6. The zero-order valence-corrected chi connectivity index (χ0v) is 20.8. The predicted molar refractivity (Wildman–Crippen MR) is 136 cm³/mol. The van der Waals surface area contributed by atoms with E-state index in [0.717, 1.165) is 6.07 Å². The fraction of sp³-hybridized carbons (Fsp3) is 0.280. The maximum absolute atomic E-state index is 13.2. The molecule has 5 heterocycles. The number of halogens is 3. The van der Waals surface area contributed by atoms with Crippen molar-refractivity contribution in [3.8, 4) is 11.5 Å². The Bertz CT molecular complexity index is 1510. The summed E-state index contributed by atoms with van der Waals surface area (Å²) >= 11 is 0. The van der Waals surface area contributed by atoms with Gasteiger partial charge in [-0.15, -0.1) is 5.10 Å². The second-order valence-electron chi connectivity index (χ2n) is 8.91. The van der Waals surface area contributed by atoms with Crippen LogP contribution >= 0.6 is 0 Å². The van der Waals surface area contributed by atoms with Gasteiger partial charge in [0.1, 0.15) is 22.7 Å². The summed E-state index contributed by atoms with van der Waals surface area (Å²) in [5, 5.41) is 10.2. The summed E-state index contributed by atoms with van der Waals surface area (Å²) in [5.74, 6) is 0.417. The minimum atomic E-state index is -4.60. The number of hydrogen-bond donors (Lipinski definition) is 2. The number of pyridine rings is 2. The van der Waals surface area contributed by atoms with E-state index in [1.165, 1.54) is 29.8 Å². The third kappa shape index (κ3) is 6.12. The maximum atomic E-state index is 13.2. The number of carbonyl (C=O) groups is 2. The monoisotopic (exact) mass is 539 g/mol. The van der Waals surface area contributed by atoms with Crippen molar-refractivity contribution in [2.24, 2.45) is 0 Å². The molecule has 5 rings (SSSR count). The number of fused-ring (bicyclic) bond motifs is 1. The molecule has 11 nitrogen and oxygen atoms in total. The first-order valence-corrected chi connectivity index (χ1v) is 12.1. The van der Waals surface area contributed by atoms with Gasteiger partial charge in [0, 0.05) is 57.3 Å². The third-order valence-corrected chi connectivity index (χ3v) is 6.13. The molecule has 1 saturated heterocycles. The van der Waals surface area contributed by atoms with Crippen molar-refractivity contribution < 1.29 is 22.8 Å². The molecule has 0 atom stereocenters. The maximum Gasteiger partial charge on any atom is 0.433 e. The highest BCUT2D eigenvalue weighted by molar-refractivity contribution is 5.92. The second kappa shape index (κ2) is 10.6. The van der Waals surface area contributed by atoms with Crippen LogP contribution in [0.3, 0.4) is 0 Å². The molecule has 2 N–H and O–H groups in total. The van der Waals surface area contributed by atoms with E-state index < -0.39 is 11.9 Å². The van der Waals surface area contributed by atoms with Crippen LogP contribution < -0.4 is 10.6 Å². The minimum absolute atomic E-state index is 0.000229. The van der Waals surface area contributed by atoms with Gasteiger partial charge in [0.15, 0.2) is 5.82 Å². The van der Waals surface area contributed by atoms with Crippen LogP contribution in [-0.2, 0) is 15.8 Å². The molecule has 0 spiro atoms. The fourth-order valence-corrected chi connectivity index (χ4v) is 4.17. The van der Waals surface area contributed by atoms with Gasteiger partial charge in [-0.3, -0.25) is 14.5 Å². The molecule has 2 amide bonds. The number of aromatic nitrogens is 5. The van der Waals surface area contributed by atoms with Crippen molar-refractivity contribution in [1.82, 2.24) is 34.4 Å². The summed E-state index contributed by atoms with van der Waals surface area (Å²) in [6.07, 6.45) is -1.45. The average molecular weight is 540 g/mol. The van der Waals surface area contributed by atoms with Gasteiger partial charge in [-0.2, -0.15) is 13.2 Å². The molecule has 14 heteroatoms. The van der Waals surface area contributed by atoms with Crippen LogP contribution in [0.5, 0.6) is 0 Å². The van der Waals surface area contributed by atoms with Crippen molar-refractivity contribution in [3.63, 3.8) is 0 Å². The SMILES string of the molecule is CC(=O)N1CCN(CC(=O)Nc2cc(Nc3nc(-c4cccc(C(F)(F)F)n4)nn4cccc34)ccn2)CC1. The molecule has 4 aromatic heterocycles. The van der Waals surface area contributed by atoms with Crippen LogP contribution in [0, 0.1) is 0 Å². The molecule has 39 heavy (non-hydrogen) atoms. The molecule has 0 bridgehead atoms. The van der Waals surface area contributed by atoms with E-state index in [2.05, 4.69) is 30.7 Å². The Hall–Kier alpha value is -4.59. The fourth-order valence-electron chi connectivity index (χ4n) is 4.17. The molecular weight excluding hydrogens is 515 g/mol. The van der Waals surface area contributed by atoms with E-state index in [-0.39, 0.29) is 29.9 Å². The Balaban J connectivity index is 1.31. The Morgan fingerprint density at radius 1 is 1.03 bits per heavy atom. The molecule has 202 valence electrons. The van der Waals surface area contributed by atoms with E-state index in [1.807, 2.05) is 4.90 Å². The summed E-state index contributed by atoms with van der Waals surface area (Å²) in [6.45, 7) is 4.05. The lowest BCUT2D eigenvalue weighted by Crippen LogP contribution is -2.49. The molecule has 0 aliphatic carbocycles. The minimum Gasteiger partial charge on any atom is -0.340 e. The summed E-state index contributed by atoms with van der Waals surface area (Å²) in [5.41, 5.74) is 0.0502. The molecule has 4 aromatic rings. The van der Waals surface area contributed by atoms with Gasteiger partial charge < -0.3 is 15.5 Å². The highest BCUT2D eigenvalue weighted by Gasteiger charge is 2.32. The van der Waals surface area contributed by atoms with Crippen LogP contribution in [-0.4, -0.2) is 78.9 Å². The molecule has 1 aliphatic rings. The highest BCUT2D eigenvalue weighted by atomic mass is 19.4. The van der Waals surface area contributed by atoms with Crippen molar-refractivity contribution in [2.45, 2.75) is 13.1 Å². The molecule has 1 fully saturated rings. The zero-order valence-electron chi connectivity index (χ0n) is 20.8. The number of hydrogen-bond acceptors (Lipinski definition) is 8. The Morgan fingerprint density at radius 2 is 1.82 bits per heavy atom. The van der Waals surface area contributed by atoms with Gasteiger partial charge in [0.25, 0.3) is 0 Å². The lowest BCUT2D eigenvalue weighted by molar-refractivity contribution is -0.141. The topological polar surface area (TPSA) is 121 Å². The summed E-state index contributed by atoms with van der Waals surface area (Å²) in [6, 6.07) is 10.3. The molecule has 0 radical (unpaired) electrons. The normalized spacial score (nSPS) is 14.4. The first-order chi connectivity index (χ1) is 18.7. The standard InChI is InChI=1S/C25H24F3N9O2/c1-16(38)36-12-10-35(11-13-36)15-22(39)32-21-14-17(7-8-29-21)30-24-19-5-3-9-37(19)34-23(33-24)18-4-2-6-20(31-18)25(26,27)28/h2-9,14H,10-13,15H2,1H3,(H2,29,30,32,33,34,39). The number of nitrogens with one attached hydrogen (secondary N) is 2. The van der Waals surface area contributed by atoms with E-state index >= 15 is 0 Å². The first-order valence-electron chi connectivity index (χ1n) is 12.1. The predicted octanol–water partition coefficient (Wildman–Crippen LogP) is 3.05. The molecule has 0 aromatic carbocycles. The van der Waals surface area contributed by atoms with Crippen LogP contribution in [0.1, 0.15) is 12.6 Å². The van der Waals surface area contributed by atoms with Gasteiger partial charge in [-0.25, -0.2) is 19.5 Å². The van der Waals surface area contributed by atoms with E-state index in [9.17, 15) is 22.8 Å². The number of amides is 2. The quantitative estimate of drug-likeness (QED) is 0.384. The number of piperazine rings is 1. The van der Waals surface area contributed by atoms with E-state index in [0.29, 0.717) is 49.0 Å². The number of nitrogens with zero attached hydrogens (tertiary/aromatic N) is 7. The summed E-state index contributed by atoms with van der Waals surface area (Å²) in [4.78, 5) is 40.1. The smallest absolute Gasteiger partial charge is 0.340 e. The van der Waals surface area contributed by atoms with Crippen molar-refractivity contribution in [2.75, 3.05) is 43.4 Å². The van der Waals surface area contributed by atoms with Crippen LogP contribution in [0.25, 0.3) is 17.0 Å². The highest BCUT2D eigenvalue weighted by Crippen LogP contribution is 2.29. The van der Waals surface area contributed by atoms with E-state index in [4.69, 9.17) is 0 Å². The van der Waals surface area contributed by atoms with Crippen LogP contribution in [0.4, 0.5) is 30.5 Å². The first kappa shape index (κ1) is 26.0. The number of alkyl halides is 3. The Labute approximate surface area is 220 Å². The molecule has 0 saturated carbocycles. The Morgan fingerprint density at radius 3 is 2.56 bits per heavy atom. The molecular formula is C25H24F3N9O2. The van der Waals surface area contributed by atoms with Gasteiger partial charge in [-0.05, 0) is 30.3 Å². The second-order valence-corrected chi connectivity index (χ2v) is 8.91. The Kier molecular flexibility index (Phi) is 7.11. The lowest BCUT2D eigenvalue weighted by Gasteiger charge is -2.33. The van der Waals surface area contributed by atoms with Gasteiger partial charge >= 0.3 is 6.18 Å². The van der Waals surface area contributed by atoms with E-state index in [1.54, 1.807) is 35.4 Å². The van der Waals surface area contributed by atoms with Gasteiger partial charge in [0.2, 0.25) is 17.6 Å². The third-order valence-electron chi connectivity index (χ3n) is 6.13. The van der Waals surface area contributed by atoms with Crippen LogP contribution in [0.2, 0.25) is 0 Å². The van der Waals surface area contributed by atoms with Crippen LogP contribution in [0.15, 0.2) is 54.9 Å². The summed E-state index contributed by atoms with van der Waals surface area (Å²) < 4.78 is 41.0. The molecule has 0 unspecified atom stereocenters. The molecule has 1 aliphatic heterocycles. The number of rotatable bonds is 6. The summed E-state index contributed by atoms with van der Waals surface area (Å²) in [7, 11) is 0. The number of carbonyl (C=O) groups excluding carboxylic acids is 2. The van der Waals surface area contributed by atoms with Crippen molar-refractivity contribution in [1.29, 1.82) is 0 Å². The largest absolute Gasteiger partial charge is 0.433 e. The van der Waals surface area contributed by atoms with Gasteiger partial charge in [-0.1, -0.05) is 6.07 Å². The average Bonchev–Trinajstić information content (AvgIpc) is 3.38. The van der Waals surface area contributed by atoms with Crippen molar-refractivity contribution >= 4 is 34.7 Å². The van der Waals surface area contributed by atoms with Gasteiger partial charge in [0.05, 0.1) is 6.54 Å². The number of anilines is 3.